The molecular formula is C13H14Cl2N2O3. The molecule has 20 heavy (non-hydrogen) atoms. The molecule has 0 aliphatic rings. The van der Waals surface area contributed by atoms with E-state index >= 15 is 0 Å². The van der Waals surface area contributed by atoms with Crippen molar-refractivity contribution in [1.29, 1.82) is 0 Å². The van der Waals surface area contributed by atoms with Gasteiger partial charge in [-0.25, -0.2) is 0 Å². The highest BCUT2D eigenvalue weighted by molar-refractivity contribution is 6.36. The van der Waals surface area contributed by atoms with Crippen LogP contribution >= 0.6 is 23.2 Å². The van der Waals surface area contributed by atoms with E-state index in [1.54, 1.807) is 12.1 Å². The molecule has 0 spiro atoms. The molecule has 1 unspecified atom stereocenters. The molecule has 0 aromatic heterocycles. The summed E-state index contributed by atoms with van der Waals surface area (Å²) >= 11 is 11.7. The second-order valence-electron chi connectivity index (χ2n) is 3.96. The van der Waals surface area contributed by atoms with Gasteiger partial charge in [0.2, 0.25) is 5.91 Å². The predicted molar refractivity (Wildman–Crippen MR) is 79.3 cm³/mol. The van der Waals surface area contributed by atoms with Gasteiger partial charge in [-0.1, -0.05) is 29.3 Å². The zero-order valence-corrected chi connectivity index (χ0v) is 12.0. The smallest absolute Gasteiger partial charge is 0.321 e. The quantitative estimate of drug-likeness (QED) is 0.675. The summed E-state index contributed by atoms with van der Waals surface area (Å²) in [4.78, 5) is 22.8. The van der Waals surface area contributed by atoms with Crippen LogP contribution in [0.15, 0.2) is 30.9 Å². The van der Waals surface area contributed by atoms with Crippen LogP contribution in [0, 0.1) is 0 Å². The maximum Gasteiger partial charge on any atom is 0.321 e. The highest BCUT2D eigenvalue weighted by Gasteiger charge is 2.20. The summed E-state index contributed by atoms with van der Waals surface area (Å²) in [5.74, 6) is -1.57. The molecule has 7 heteroatoms. The third kappa shape index (κ3) is 5.21. The van der Waals surface area contributed by atoms with Crippen LogP contribution in [0.25, 0.3) is 0 Å². The molecule has 108 valence electrons. The van der Waals surface area contributed by atoms with Gasteiger partial charge in [0.15, 0.2) is 0 Å². The number of hydrogen-bond donors (Lipinski definition) is 3. The van der Waals surface area contributed by atoms with E-state index in [1.807, 2.05) is 0 Å². The normalized spacial score (nSPS) is 11.7. The highest BCUT2D eigenvalue weighted by atomic mass is 35.5. The van der Waals surface area contributed by atoms with Gasteiger partial charge < -0.3 is 15.7 Å². The number of carboxylic acid groups (broad SMARTS) is 1. The fourth-order valence-electron chi connectivity index (χ4n) is 1.45. The molecule has 0 radical (unpaired) electrons. The number of hydrogen-bond acceptors (Lipinski definition) is 3. The van der Waals surface area contributed by atoms with E-state index in [4.69, 9.17) is 28.3 Å². The summed E-state index contributed by atoms with van der Waals surface area (Å²) in [7, 11) is 0. The Labute approximate surface area is 126 Å². The summed E-state index contributed by atoms with van der Waals surface area (Å²) in [6.45, 7) is 3.77. The predicted octanol–water partition coefficient (Wildman–Crippen LogP) is 2.55. The number of rotatable bonds is 7. The molecule has 0 saturated carbocycles. The standard InChI is InChI=1S/C13H14Cl2N2O3/c1-2-5-16-11(13(19)20)7-12(18)17-10-4-3-8(14)6-9(10)15/h2-4,6,11,16H,1,5,7H2,(H,17,18)(H,19,20). The summed E-state index contributed by atoms with van der Waals surface area (Å²) in [5.41, 5.74) is 0.383. The third-order valence-corrected chi connectivity index (χ3v) is 2.95. The average molecular weight is 317 g/mol. The number of aliphatic carboxylic acids is 1. The number of carbonyl (C=O) groups excluding carboxylic acids is 1. The Bertz CT molecular complexity index is 520. The lowest BCUT2D eigenvalue weighted by atomic mass is 10.2. The van der Waals surface area contributed by atoms with E-state index in [-0.39, 0.29) is 11.4 Å². The molecule has 3 N–H and O–H groups in total. The Morgan fingerprint density at radius 1 is 1.40 bits per heavy atom. The van der Waals surface area contributed by atoms with Crippen molar-refractivity contribution in [3.8, 4) is 0 Å². The van der Waals surface area contributed by atoms with Crippen LogP contribution in [0.5, 0.6) is 0 Å². The summed E-state index contributed by atoms with van der Waals surface area (Å²) in [5, 5.41) is 14.9. The molecule has 0 aliphatic carbocycles. The lowest BCUT2D eigenvalue weighted by Gasteiger charge is -2.13. The van der Waals surface area contributed by atoms with Crippen LogP contribution in [-0.4, -0.2) is 29.6 Å². The molecule has 1 amide bonds. The van der Waals surface area contributed by atoms with Crippen molar-refractivity contribution in [2.75, 3.05) is 11.9 Å². The molecule has 1 aromatic carbocycles. The second-order valence-corrected chi connectivity index (χ2v) is 4.81. The summed E-state index contributed by atoms with van der Waals surface area (Å²) < 4.78 is 0. The topological polar surface area (TPSA) is 78.4 Å². The van der Waals surface area contributed by atoms with Crippen molar-refractivity contribution < 1.29 is 14.7 Å². The minimum atomic E-state index is -1.11. The number of halogens is 2. The Hall–Kier alpha value is -1.56. The van der Waals surface area contributed by atoms with E-state index < -0.39 is 17.9 Å². The van der Waals surface area contributed by atoms with Crippen LogP contribution in [0.4, 0.5) is 5.69 Å². The van der Waals surface area contributed by atoms with Gasteiger partial charge in [-0.2, -0.15) is 0 Å². The number of nitrogens with one attached hydrogen (secondary N) is 2. The van der Waals surface area contributed by atoms with Gasteiger partial charge in [0.25, 0.3) is 0 Å². The molecule has 0 bridgehead atoms. The summed E-state index contributed by atoms with van der Waals surface area (Å²) in [6, 6.07) is 3.63. The number of carbonyl (C=O) groups is 2. The molecular weight excluding hydrogens is 303 g/mol. The first kappa shape index (κ1) is 16.5. The fourth-order valence-corrected chi connectivity index (χ4v) is 1.91. The van der Waals surface area contributed by atoms with Gasteiger partial charge in [0, 0.05) is 11.6 Å². The van der Waals surface area contributed by atoms with Gasteiger partial charge in [-0.05, 0) is 18.2 Å². The van der Waals surface area contributed by atoms with Crippen LogP contribution < -0.4 is 10.6 Å². The lowest BCUT2D eigenvalue weighted by molar-refractivity contribution is -0.140. The van der Waals surface area contributed by atoms with Crippen molar-refractivity contribution in [1.82, 2.24) is 5.32 Å². The molecule has 1 atom stereocenters. The van der Waals surface area contributed by atoms with Crippen LogP contribution in [0.1, 0.15) is 6.42 Å². The Balaban J connectivity index is 2.65. The van der Waals surface area contributed by atoms with Crippen LogP contribution in [0.3, 0.4) is 0 Å². The molecule has 1 rings (SSSR count). The first-order chi connectivity index (χ1) is 9.43. The largest absolute Gasteiger partial charge is 0.480 e. The van der Waals surface area contributed by atoms with Crippen molar-refractivity contribution in [2.24, 2.45) is 0 Å². The maximum absolute atomic E-state index is 11.8. The number of anilines is 1. The van der Waals surface area contributed by atoms with E-state index in [0.29, 0.717) is 17.3 Å². The number of carboxylic acids is 1. The van der Waals surface area contributed by atoms with Gasteiger partial charge in [0.05, 0.1) is 17.1 Å². The Morgan fingerprint density at radius 3 is 2.65 bits per heavy atom. The second kappa shape index (κ2) is 7.89. The van der Waals surface area contributed by atoms with E-state index in [2.05, 4.69) is 17.2 Å². The molecule has 5 nitrogen and oxygen atoms in total. The first-order valence-corrected chi connectivity index (χ1v) is 6.51. The summed E-state index contributed by atoms with van der Waals surface area (Å²) in [6.07, 6.45) is 1.30. The zero-order valence-electron chi connectivity index (χ0n) is 10.5. The van der Waals surface area contributed by atoms with E-state index in [1.165, 1.54) is 12.1 Å². The van der Waals surface area contributed by atoms with Gasteiger partial charge in [0.1, 0.15) is 6.04 Å². The van der Waals surface area contributed by atoms with Gasteiger partial charge in [-0.3, -0.25) is 9.59 Å². The van der Waals surface area contributed by atoms with E-state index in [9.17, 15) is 9.59 Å². The van der Waals surface area contributed by atoms with Crippen molar-refractivity contribution >= 4 is 40.8 Å². The minimum Gasteiger partial charge on any atom is -0.480 e. The first-order valence-electron chi connectivity index (χ1n) is 5.76. The van der Waals surface area contributed by atoms with Crippen LogP contribution in [0.2, 0.25) is 10.0 Å². The van der Waals surface area contributed by atoms with Crippen LogP contribution in [-0.2, 0) is 9.59 Å². The number of amides is 1. The maximum atomic E-state index is 11.8. The third-order valence-electron chi connectivity index (χ3n) is 2.40. The molecule has 0 heterocycles. The lowest BCUT2D eigenvalue weighted by Crippen LogP contribution is -2.39. The van der Waals surface area contributed by atoms with Crippen molar-refractivity contribution in [3.63, 3.8) is 0 Å². The van der Waals surface area contributed by atoms with Gasteiger partial charge >= 0.3 is 5.97 Å². The monoisotopic (exact) mass is 316 g/mol. The zero-order chi connectivity index (χ0) is 15.1. The molecule has 0 saturated heterocycles. The Morgan fingerprint density at radius 2 is 2.10 bits per heavy atom. The fraction of sp³-hybridized carbons (Fsp3) is 0.231. The molecule has 0 aliphatic heterocycles. The van der Waals surface area contributed by atoms with Crippen molar-refractivity contribution in [3.05, 3.63) is 40.9 Å². The van der Waals surface area contributed by atoms with Gasteiger partial charge in [-0.15, -0.1) is 6.58 Å². The average Bonchev–Trinajstić information content (AvgIpc) is 2.37. The van der Waals surface area contributed by atoms with E-state index in [0.717, 1.165) is 0 Å². The Kier molecular flexibility index (Phi) is 6.51. The SMILES string of the molecule is C=CCNC(CC(=O)Nc1ccc(Cl)cc1Cl)C(=O)O. The highest BCUT2D eigenvalue weighted by Crippen LogP contribution is 2.25. The molecule has 0 fully saturated rings. The molecule has 1 aromatic rings. The number of benzene rings is 1. The van der Waals surface area contributed by atoms with Crippen molar-refractivity contribution in [2.45, 2.75) is 12.5 Å². The minimum absolute atomic E-state index is 0.220.